The first-order valence-electron chi connectivity index (χ1n) is 24.7. The number of anilines is 6. The van der Waals surface area contributed by atoms with Gasteiger partial charge in [0.25, 0.3) is 0 Å². The van der Waals surface area contributed by atoms with Crippen molar-refractivity contribution in [3.05, 3.63) is 247 Å². The monoisotopic (exact) mass is 930 g/mol. The summed E-state index contributed by atoms with van der Waals surface area (Å²) in [6, 6.07) is 72.4. The summed E-state index contributed by atoms with van der Waals surface area (Å²) in [7, 11) is 0. The van der Waals surface area contributed by atoms with Gasteiger partial charge < -0.3 is 23.7 Å². The van der Waals surface area contributed by atoms with Crippen LogP contribution in [-0.2, 0) is 5.41 Å². The molecule has 1 N–H and O–H groups in total. The van der Waals surface area contributed by atoms with E-state index in [-0.39, 0.29) is 5.41 Å². The van der Waals surface area contributed by atoms with Crippen LogP contribution in [0.2, 0.25) is 0 Å². The molecule has 2 heterocycles. The van der Waals surface area contributed by atoms with Gasteiger partial charge in [0.1, 0.15) is 16.9 Å². The number of hydrogen-bond acceptors (Lipinski definition) is 5. The molecule has 1 aliphatic rings. The molecular weight excluding hydrogens is 881 g/mol. The molecule has 0 amide bonds. The van der Waals surface area contributed by atoms with Crippen LogP contribution >= 0.6 is 0 Å². The Hall–Kier alpha value is -9.06. The van der Waals surface area contributed by atoms with Crippen LogP contribution < -0.4 is 9.80 Å². The van der Waals surface area contributed by atoms with E-state index in [0.29, 0.717) is 5.75 Å². The second kappa shape index (κ2) is 17.1. The highest BCUT2D eigenvalue weighted by Gasteiger charge is 2.32. The van der Waals surface area contributed by atoms with Crippen LogP contribution in [0, 0.1) is 13.8 Å². The predicted molar refractivity (Wildman–Crippen MR) is 300 cm³/mol. The quantitative estimate of drug-likeness (QED) is 0.146. The van der Waals surface area contributed by atoms with Crippen molar-refractivity contribution < 1.29 is 13.9 Å². The largest absolute Gasteiger partial charge is 0.507 e. The predicted octanol–water partition coefficient (Wildman–Crippen LogP) is 19.0. The lowest BCUT2D eigenvalue weighted by Crippen LogP contribution is -2.19. The van der Waals surface area contributed by atoms with Gasteiger partial charge in [-0.15, -0.1) is 0 Å². The van der Waals surface area contributed by atoms with Gasteiger partial charge in [-0.2, -0.15) is 0 Å². The molecule has 0 radical (unpaired) electrons. The fourth-order valence-corrected chi connectivity index (χ4v) is 11.2. The zero-order valence-electron chi connectivity index (χ0n) is 40.3. The number of phenolic OH excluding ortho intramolecular Hbond substituents is 1. The number of rotatable bonds is 9. The van der Waals surface area contributed by atoms with E-state index in [1.54, 1.807) is 0 Å². The Balaban J connectivity index is 1.11. The number of nitrogens with zero attached hydrogens (tertiary/aromatic N) is 2. The van der Waals surface area contributed by atoms with Crippen LogP contribution in [0.1, 0.15) is 30.0 Å². The van der Waals surface area contributed by atoms with Crippen molar-refractivity contribution in [1.82, 2.24) is 0 Å². The highest BCUT2D eigenvalue weighted by atomic mass is 16.3. The Bertz CT molecular complexity index is 4160. The molecule has 5 heteroatoms. The third-order valence-electron chi connectivity index (χ3n) is 14.8. The van der Waals surface area contributed by atoms with Crippen LogP contribution in [0.3, 0.4) is 0 Å². The number of furan rings is 2. The van der Waals surface area contributed by atoms with Crippen molar-refractivity contribution in [2.24, 2.45) is 0 Å². The second-order valence-corrected chi connectivity index (χ2v) is 19.3. The van der Waals surface area contributed by atoms with Gasteiger partial charge in [0, 0.05) is 66.1 Å². The number of aromatic hydroxyl groups is 1. The number of fused-ring (bicyclic) bond motifs is 7. The first-order valence-corrected chi connectivity index (χ1v) is 24.7. The number of phenols is 1. The minimum atomic E-state index is -0.332. The van der Waals surface area contributed by atoms with Gasteiger partial charge in [-0.3, -0.25) is 0 Å². The number of hydrogen-bond donors (Lipinski definition) is 1. The zero-order valence-corrected chi connectivity index (χ0v) is 40.3. The fraction of sp³-hybridized carbons (Fsp3) is 0.0746. The van der Waals surface area contributed by atoms with Crippen LogP contribution in [0.25, 0.3) is 76.9 Å². The van der Waals surface area contributed by atoms with Crippen molar-refractivity contribution in [3.8, 4) is 28.0 Å². The maximum atomic E-state index is 12.2. The van der Waals surface area contributed by atoms with E-state index in [1.165, 1.54) is 0 Å². The maximum Gasteiger partial charge on any atom is 0.162 e. The lowest BCUT2D eigenvalue weighted by Gasteiger charge is -2.32. The lowest BCUT2D eigenvalue weighted by molar-refractivity contribution is 0.451. The van der Waals surface area contributed by atoms with Crippen LogP contribution in [-0.4, -0.2) is 5.11 Å². The molecule has 346 valence electrons. The van der Waals surface area contributed by atoms with Gasteiger partial charge in [0.15, 0.2) is 11.2 Å². The molecule has 0 spiro atoms. The smallest absolute Gasteiger partial charge is 0.162 e. The summed E-state index contributed by atoms with van der Waals surface area (Å²) >= 11 is 0. The highest BCUT2D eigenvalue weighted by Crippen LogP contribution is 2.56. The summed E-state index contributed by atoms with van der Waals surface area (Å²) in [6.45, 7) is 6.54. The van der Waals surface area contributed by atoms with E-state index >= 15 is 0 Å². The fourth-order valence-electron chi connectivity index (χ4n) is 11.2. The summed E-state index contributed by atoms with van der Waals surface area (Å²) in [5.41, 5.74) is 15.6. The number of allylic oxidation sites excluding steroid dienone is 4. The van der Waals surface area contributed by atoms with E-state index in [0.717, 1.165) is 134 Å². The van der Waals surface area contributed by atoms with E-state index < -0.39 is 0 Å². The van der Waals surface area contributed by atoms with Crippen LogP contribution in [0.4, 0.5) is 34.1 Å². The summed E-state index contributed by atoms with van der Waals surface area (Å²) in [5.74, 6) is 0.296. The molecule has 0 aliphatic heterocycles. The Morgan fingerprint density at radius 1 is 0.458 bits per heavy atom. The Morgan fingerprint density at radius 3 is 1.79 bits per heavy atom. The van der Waals surface area contributed by atoms with E-state index in [1.807, 2.05) is 18.2 Å². The first kappa shape index (κ1) is 43.0. The topological polar surface area (TPSA) is 53.0 Å². The molecule has 1 atom stereocenters. The molecule has 10 aromatic carbocycles. The molecule has 2 aromatic heterocycles. The van der Waals surface area contributed by atoms with E-state index in [4.69, 9.17) is 8.83 Å². The van der Waals surface area contributed by atoms with Gasteiger partial charge in [-0.25, -0.2) is 0 Å². The SMILES string of the molecule is Cc1ccccc1N(c1cccc2c1oc1c(-c3ccccc3)cccc12)c1c2ccccc2c(N(c2cccc(-c3cccc(C4(C)C=CC=CC4)c3O)c2)c2ccccc2C)c2c1oc1ccccc12. The van der Waals surface area contributed by atoms with Crippen molar-refractivity contribution in [2.45, 2.75) is 32.6 Å². The minimum absolute atomic E-state index is 0.296. The average molecular weight is 931 g/mol. The molecule has 0 saturated heterocycles. The Kier molecular flexibility index (Phi) is 10.2. The summed E-state index contributed by atoms with van der Waals surface area (Å²) in [5, 5.41) is 18.3. The summed E-state index contributed by atoms with van der Waals surface area (Å²) in [4.78, 5) is 4.76. The number of para-hydroxylation sites is 6. The van der Waals surface area contributed by atoms with Crippen LogP contribution in [0.15, 0.2) is 239 Å². The molecule has 0 saturated carbocycles. The molecule has 1 unspecified atom stereocenters. The molecule has 5 nitrogen and oxygen atoms in total. The first-order chi connectivity index (χ1) is 35.4. The zero-order chi connectivity index (χ0) is 48.5. The minimum Gasteiger partial charge on any atom is -0.507 e. The van der Waals surface area contributed by atoms with E-state index in [2.05, 4.69) is 243 Å². The van der Waals surface area contributed by atoms with Gasteiger partial charge in [0.05, 0.1) is 22.4 Å². The van der Waals surface area contributed by atoms with Gasteiger partial charge in [-0.1, -0.05) is 201 Å². The Labute approximate surface area is 418 Å². The highest BCUT2D eigenvalue weighted by molar-refractivity contribution is 6.29. The van der Waals surface area contributed by atoms with Crippen molar-refractivity contribution in [3.63, 3.8) is 0 Å². The number of benzene rings is 10. The molecule has 1 aliphatic carbocycles. The molecule has 13 rings (SSSR count). The molecule has 12 aromatic rings. The summed E-state index contributed by atoms with van der Waals surface area (Å²) < 4.78 is 14.5. The van der Waals surface area contributed by atoms with Gasteiger partial charge >= 0.3 is 0 Å². The maximum absolute atomic E-state index is 12.2. The lowest BCUT2D eigenvalue weighted by atomic mass is 9.76. The van der Waals surface area contributed by atoms with Crippen molar-refractivity contribution >= 4 is 88.8 Å². The molecule has 72 heavy (non-hydrogen) atoms. The average Bonchev–Trinajstić information content (AvgIpc) is 4.01. The molecule has 0 bridgehead atoms. The molecular formula is C67H50N2O3. The van der Waals surface area contributed by atoms with Gasteiger partial charge in [-0.05, 0) is 78.9 Å². The van der Waals surface area contributed by atoms with E-state index in [9.17, 15) is 5.11 Å². The van der Waals surface area contributed by atoms with Gasteiger partial charge in [0.2, 0.25) is 0 Å². The normalized spacial score (nSPS) is 14.5. The molecule has 0 fully saturated rings. The van der Waals surface area contributed by atoms with Crippen LogP contribution in [0.5, 0.6) is 5.75 Å². The third kappa shape index (κ3) is 6.84. The van der Waals surface area contributed by atoms with Crippen molar-refractivity contribution in [1.29, 1.82) is 0 Å². The summed E-state index contributed by atoms with van der Waals surface area (Å²) in [6.07, 6.45) is 9.32. The van der Waals surface area contributed by atoms with Crippen molar-refractivity contribution in [2.75, 3.05) is 9.80 Å². The Morgan fingerprint density at radius 2 is 1.04 bits per heavy atom. The number of aryl methyl sites for hydroxylation is 2. The standard InChI is InChI=1S/C67H50N2O3/c1-43-22-8-13-36-56(43)68(47-27-18-26-46(42-47)48-31-20-35-55(63(48)70)67(3)40-16-5-17-41-67)61-50-28-10-11-29-51(50)62(66-60(61)54-30-12-15-39-59(54)71-66)69(57-37-14-9-23-44(57)2)58-38-21-34-53-52-33-19-32-49(64(52)72-65(53)58)45-24-6-4-7-25-45/h4-40,42,70H,41H2,1-3H3. The second-order valence-electron chi connectivity index (χ2n) is 19.3. The third-order valence-corrected chi connectivity index (χ3v) is 14.8.